The Bertz CT molecular complexity index is 461. The number of amides is 2. The Hall–Kier alpha value is -1.18. The van der Waals surface area contributed by atoms with E-state index in [0.717, 1.165) is 31.9 Å². The molecule has 0 radical (unpaired) electrons. The average molecular weight is 322 g/mol. The fraction of sp³-hybridized carbons (Fsp3) is 0.846. The van der Waals surface area contributed by atoms with Gasteiger partial charge < -0.3 is 5.32 Å². The third-order valence-corrected chi connectivity index (χ3v) is 4.10. The van der Waals surface area contributed by atoms with E-state index in [1.54, 1.807) is 4.72 Å². The van der Waals surface area contributed by atoms with Gasteiger partial charge in [-0.05, 0) is 12.3 Å². The van der Waals surface area contributed by atoms with Crippen LogP contribution in [0.1, 0.15) is 44.9 Å². The summed E-state index contributed by atoms with van der Waals surface area (Å²) in [6, 6.07) is 0. The van der Waals surface area contributed by atoms with Gasteiger partial charge in [-0.25, -0.2) is 12.8 Å². The van der Waals surface area contributed by atoms with Crippen molar-refractivity contribution in [2.75, 3.05) is 12.8 Å². The van der Waals surface area contributed by atoms with Crippen molar-refractivity contribution in [1.82, 2.24) is 10.0 Å². The first-order valence-electron chi connectivity index (χ1n) is 7.20. The van der Waals surface area contributed by atoms with Crippen LogP contribution < -0.4 is 10.0 Å². The number of rotatable bonds is 7. The van der Waals surface area contributed by atoms with Crippen LogP contribution in [0.25, 0.3) is 0 Å². The van der Waals surface area contributed by atoms with Crippen molar-refractivity contribution in [1.29, 1.82) is 0 Å². The molecule has 0 aliphatic heterocycles. The molecule has 21 heavy (non-hydrogen) atoms. The Morgan fingerprint density at radius 3 is 2.43 bits per heavy atom. The topological polar surface area (TPSA) is 92.3 Å². The van der Waals surface area contributed by atoms with E-state index >= 15 is 0 Å². The highest BCUT2D eigenvalue weighted by Crippen LogP contribution is 2.28. The van der Waals surface area contributed by atoms with Crippen LogP contribution in [0.15, 0.2) is 0 Å². The standard InChI is InChI=1S/C13H23FN2O4S/c1-21(19,20)16-12(17)7-8-15-13(18)11(14)9-10-5-3-2-4-6-10/h10-11H,2-9H2,1H3,(H,15,18)(H,16,17)/t11-/m0/s1. The van der Waals surface area contributed by atoms with Crippen LogP contribution in [0, 0.1) is 5.92 Å². The molecular weight excluding hydrogens is 299 g/mol. The van der Waals surface area contributed by atoms with Gasteiger partial charge in [-0.15, -0.1) is 0 Å². The minimum Gasteiger partial charge on any atom is -0.353 e. The molecule has 1 atom stereocenters. The highest BCUT2D eigenvalue weighted by atomic mass is 32.2. The summed E-state index contributed by atoms with van der Waals surface area (Å²) in [4.78, 5) is 22.7. The van der Waals surface area contributed by atoms with E-state index in [-0.39, 0.29) is 25.3 Å². The lowest BCUT2D eigenvalue weighted by molar-refractivity contribution is -0.126. The molecule has 0 aromatic carbocycles. The summed E-state index contributed by atoms with van der Waals surface area (Å²) in [5.74, 6) is -1.19. The van der Waals surface area contributed by atoms with Gasteiger partial charge in [-0.3, -0.25) is 14.3 Å². The van der Waals surface area contributed by atoms with Crippen LogP contribution >= 0.6 is 0 Å². The summed E-state index contributed by atoms with van der Waals surface area (Å²) < 4.78 is 37.1. The third-order valence-electron chi connectivity index (χ3n) is 3.50. The molecule has 0 aromatic heterocycles. The van der Waals surface area contributed by atoms with E-state index in [2.05, 4.69) is 5.32 Å². The second-order valence-corrected chi connectivity index (χ2v) is 7.29. The van der Waals surface area contributed by atoms with Gasteiger partial charge in [0.1, 0.15) is 0 Å². The number of alkyl halides is 1. The second kappa shape index (κ2) is 8.31. The van der Waals surface area contributed by atoms with Crippen LogP contribution in [0.2, 0.25) is 0 Å². The van der Waals surface area contributed by atoms with Crippen LogP contribution in [0.5, 0.6) is 0 Å². The highest BCUT2D eigenvalue weighted by Gasteiger charge is 2.23. The summed E-state index contributed by atoms with van der Waals surface area (Å²) >= 11 is 0. The molecule has 2 N–H and O–H groups in total. The van der Waals surface area contributed by atoms with Gasteiger partial charge in [-0.2, -0.15) is 0 Å². The number of nitrogens with one attached hydrogen (secondary N) is 2. The lowest BCUT2D eigenvalue weighted by Gasteiger charge is -2.22. The molecule has 2 amide bonds. The number of halogens is 1. The Labute approximate surface area is 124 Å². The molecule has 1 saturated carbocycles. The minimum atomic E-state index is -3.60. The normalized spacial score (nSPS) is 18.0. The molecule has 122 valence electrons. The zero-order valence-corrected chi connectivity index (χ0v) is 13.0. The molecule has 0 heterocycles. The van der Waals surface area contributed by atoms with Gasteiger partial charge in [0.2, 0.25) is 15.9 Å². The molecule has 1 aliphatic rings. The zero-order chi connectivity index (χ0) is 15.9. The van der Waals surface area contributed by atoms with Crippen molar-refractivity contribution in [3.8, 4) is 0 Å². The molecule has 1 aliphatic carbocycles. The van der Waals surface area contributed by atoms with Crippen LogP contribution in [0.4, 0.5) is 4.39 Å². The summed E-state index contributed by atoms with van der Waals surface area (Å²) in [7, 11) is -3.60. The van der Waals surface area contributed by atoms with Crippen molar-refractivity contribution >= 4 is 21.8 Å². The molecule has 0 spiro atoms. The van der Waals surface area contributed by atoms with Crippen molar-refractivity contribution < 1.29 is 22.4 Å². The largest absolute Gasteiger partial charge is 0.353 e. The van der Waals surface area contributed by atoms with Crippen molar-refractivity contribution in [3.63, 3.8) is 0 Å². The second-order valence-electron chi connectivity index (χ2n) is 5.55. The average Bonchev–Trinajstić information content (AvgIpc) is 2.37. The first-order chi connectivity index (χ1) is 9.78. The number of sulfonamides is 1. The van der Waals surface area contributed by atoms with Crippen LogP contribution in [-0.2, 0) is 19.6 Å². The van der Waals surface area contributed by atoms with Gasteiger partial charge in [0.25, 0.3) is 5.91 Å². The van der Waals surface area contributed by atoms with Crippen molar-refractivity contribution in [2.45, 2.75) is 51.1 Å². The predicted molar refractivity (Wildman–Crippen MR) is 76.7 cm³/mol. The number of hydrogen-bond donors (Lipinski definition) is 2. The van der Waals surface area contributed by atoms with E-state index in [1.165, 1.54) is 6.42 Å². The SMILES string of the molecule is CS(=O)(=O)NC(=O)CCNC(=O)[C@@H](F)CC1CCCCC1. The van der Waals surface area contributed by atoms with Crippen LogP contribution in [0.3, 0.4) is 0 Å². The monoisotopic (exact) mass is 322 g/mol. The smallest absolute Gasteiger partial charge is 0.254 e. The fourth-order valence-corrected chi connectivity index (χ4v) is 3.01. The Morgan fingerprint density at radius 2 is 1.86 bits per heavy atom. The van der Waals surface area contributed by atoms with E-state index in [0.29, 0.717) is 0 Å². The van der Waals surface area contributed by atoms with Crippen molar-refractivity contribution in [2.24, 2.45) is 5.92 Å². The minimum absolute atomic E-state index is 0.0781. The molecule has 0 saturated heterocycles. The van der Waals surface area contributed by atoms with E-state index in [9.17, 15) is 22.4 Å². The molecule has 1 rings (SSSR count). The summed E-state index contributed by atoms with van der Waals surface area (Å²) in [5, 5.41) is 2.32. The molecule has 0 aromatic rings. The Kier molecular flexibility index (Phi) is 7.07. The molecule has 0 unspecified atom stereocenters. The molecular formula is C13H23FN2O4S. The van der Waals surface area contributed by atoms with E-state index < -0.39 is 28.0 Å². The third kappa shape index (κ3) is 7.99. The maximum atomic E-state index is 13.8. The molecule has 0 bridgehead atoms. The first-order valence-corrected chi connectivity index (χ1v) is 9.09. The predicted octanol–water partition coefficient (Wildman–Crippen LogP) is 0.877. The Balaban J connectivity index is 2.21. The number of hydrogen-bond acceptors (Lipinski definition) is 4. The summed E-state index contributed by atoms with van der Waals surface area (Å²) in [6.45, 7) is -0.0781. The van der Waals surface area contributed by atoms with Gasteiger partial charge in [0.05, 0.1) is 6.26 Å². The van der Waals surface area contributed by atoms with Gasteiger partial charge in [0.15, 0.2) is 6.17 Å². The fourth-order valence-electron chi connectivity index (χ4n) is 2.49. The summed E-state index contributed by atoms with van der Waals surface area (Å²) in [5.41, 5.74) is 0. The highest BCUT2D eigenvalue weighted by molar-refractivity contribution is 7.89. The maximum Gasteiger partial charge on any atom is 0.254 e. The van der Waals surface area contributed by atoms with Gasteiger partial charge in [0, 0.05) is 13.0 Å². The van der Waals surface area contributed by atoms with E-state index in [1.807, 2.05) is 0 Å². The number of carbonyl (C=O) groups is 2. The summed E-state index contributed by atoms with van der Waals surface area (Å²) in [6.07, 6.45) is 4.60. The number of carbonyl (C=O) groups excluding carboxylic acids is 2. The lowest BCUT2D eigenvalue weighted by Crippen LogP contribution is -2.37. The van der Waals surface area contributed by atoms with Crippen molar-refractivity contribution in [3.05, 3.63) is 0 Å². The molecule has 6 nitrogen and oxygen atoms in total. The first kappa shape index (κ1) is 17.9. The maximum absolute atomic E-state index is 13.8. The van der Waals surface area contributed by atoms with Gasteiger partial charge >= 0.3 is 0 Å². The molecule has 8 heteroatoms. The van der Waals surface area contributed by atoms with E-state index in [4.69, 9.17) is 0 Å². The lowest BCUT2D eigenvalue weighted by atomic mass is 9.85. The van der Waals surface area contributed by atoms with Crippen LogP contribution in [-0.4, -0.2) is 39.2 Å². The molecule has 1 fully saturated rings. The quantitative estimate of drug-likeness (QED) is 0.727. The van der Waals surface area contributed by atoms with Gasteiger partial charge in [-0.1, -0.05) is 32.1 Å². The Morgan fingerprint density at radius 1 is 1.24 bits per heavy atom. The zero-order valence-electron chi connectivity index (χ0n) is 12.2.